The maximum absolute atomic E-state index is 5.15. The molecule has 0 spiro atoms. The first kappa shape index (κ1) is 12.1. The monoisotopic (exact) mass is 255 g/mol. The number of ether oxygens (including phenoxy) is 1. The summed E-state index contributed by atoms with van der Waals surface area (Å²) in [7, 11) is 1.63. The van der Waals surface area contributed by atoms with Gasteiger partial charge in [-0.1, -0.05) is 0 Å². The summed E-state index contributed by atoms with van der Waals surface area (Å²) in [6, 6.07) is 6.77. The lowest BCUT2D eigenvalue weighted by Gasteiger charge is -2.07. The Morgan fingerprint density at radius 3 is 2.95 bits per heavy atom. The first-order chi connectivity index (χ1) is 9.35. The Balaban J connectivity index is 1.80. The SMILES string of the molecule is COc1cc(-c2cncc(CNC3CC3)c2)ccn1. The minimum absolute atomic E-state index is 0.624. The van der Waals surface area contributed by atoms with Gasteiger partial charge in [-0.2, -0.15) is 0 Å². The number of rotatable bonds is 5. The third-order valence-electron chi connectivity index (χ3n) is 3.24. The average molecular weight is 255 g/mol. The highest BCUT2D eigenvalue weighted by Crippen LogP contribution is 2.23. The Morgan fingerprint density at radius 2 is 2.16 bits per heavy atom. The van der Waals surface area contributed by atoms with Crippen LogP contribution in [0.4, 0.5) is 0 Å². The number of nitrogens with zero attached hydrogens (tertiary/aromatic N) is 2. The van der Waals surface area contributed by atoms with Crippen LogP contribution in [0.1, 0.15) is 18.4 Å². The van der Waals surface area contributed by atoms with Crippen LogP contribution in [0.25, 0.3) is 11.1 Å². The molecule has 0 atom stereocenters. The van der Waals surface area contributed by atoms with E-state index in [1.807, 2.05) is 24.5 Å². The van der Waals surface area contributed by atoms with Gasteiger partial charge in [0, 0.05) is 42.8 Å². The molecule has 1 aliphatic carbocycles. The largest absolute Gasteiger partial charge is 0.481 e. The van der Waals surface area contributed by atoms with Gasteiger partial charge in [-0.3, -0.25) is 4.98 Å². The highest BCUT2D eigenvalue weighted by Gasteiger charge is 2.19. The Morgan fingerprint density at radius 1 is 1.26 bits per heavy atom. The molecule has 0 radical (unpaired) electrons. The zero-order valence-electron chi connectivity index (χ0n) is 11.0. The van der Waals surface area contributed by atoms with Crippen molar-refractivity contribution in [3.8, 4) is 17.0 Å². The molecule has 1 aliphatic rings. The van der Waals surface area contributed by atoms with E-state index in [2.05, 4.69) is 21.4 Å². The van der Waals surface area contributed by atoms with Gasteiger partial charge in [0.1, 0.15) is 0 Å². The van der Waals surface area contributed by atoms with Crippen molar-refractivity contribution in [2.45, 2.75) is 25.4 Å². The molecule has 4 nitrogen and oxygen atoms in total. The molecular formula is C15H17N3O. The molecule has 0 unspecified atom stereocenters. The molecule has 2 aromatic heterocycles. The van der Waals surface area contributed by atoms with E-state index in [-0.39, 0.29) is 0 Å². The lowest BCUT2D eigenvalue weighted by molar-refractivity contribution is 0.398. The van der Waals surface area contributed by atoms with Crippen molar-refractivity contribution in [2.75, 3.05) is 7.11 Å². The highest BCUT2D eigenvalue weighted by molar-refractivity contribution is 5.63. The first-order valence-electron chi connectivity index (χ1n) is 6.53. The molecule has 0 amide bonds. The van der Waals surface area contributed by atoms with Crippen molar-refractivity contribution in [2.24, 2.45) is 0 Å². The summed E-state index contributed by atoms with van der Waals surface area (Å²) >= 11 is 0. The number of hydrogen-bond acceptors (Lipinski definition) is 4. The Bertz CT molecular complexity index is 567. The lowest BCUT2D eigenvalue weighted by Crippen LogP contribution is -2.15. The third-order valence-corrected chi connectivity index (χ3v) is 3.24. The van der Waals surface area contributed by atoms with Crippen molar-refractivity contribution in [1.82, 2.24) is 15.3 Å². The molecule has 3 rings (SSSR count). The summed E-state index contributed by atoms with van der Waals surface area (Å²) in [5.41, 5.74) is 3.38. The number of nitrogens with one attached hydrogen (secondary N) is 1. The molecular weight excluding hydrogens is 238 g/mol. The van der Waals surface area contributed by atoms with Crippen molar-refractivity contribution < 1.29 is 4.74 Å². The Labute approximate surface area is 112 Å². The maximum Gasteiger partial charge on any atom is 0.213 e. The van der Waals surface area contributed by atoms with Crippen LogP contribution in [0.2, 0.25) is 0 Å². The molecule has 1 saturated carbocycles. The molecule has 0 aliphatic heterocycles. The zero-order chi connectivity index (χ0) is 13.1. The highest BCUT2D eigenvalue weighted by atomic mass is 16.5. The van der Waals surface area contributed by atoms with Gasteiger partial charge in [-0.25, -0.2) is 4.98 Å². The maximum atomic E-state index is 5.15. The van der Waals surface area contributed by atoms with E-state index in [9.17, 15) is 0 Å². The Kier molecular flexibility index (Phi) is 3.42. The number of hydrogen-bond donors (Lipinski definition) is 1. The second kappa shape index (κ2) is 5.36. The van der Waals surface area contributed by atoms with E-state index in [1.165, 1.54) is 18.4 Å². The van der Waals surface area contributed by atoms with Gasteiger partial charge in [0.25, 0.3) is 0 Å². The fourth-order valence-corrected chi connectivity index (χ4v) is 1.99. The molecule has 19 heavy (non-hydrogen) atoms. The third kappa shape index (κ3) is 3.09. The predicted octanol–water partition coefficient (Wildman–Crippen LogP) is 2.40. The minimum Gasteiger partial charge on any atom is -0.481 e. The second-order valence-corrected chi connectivity index (χ2v) is 4.82. The smallest absolute Gasteiger partial charge is 0.213 e. The predicted molar refractivity (Wildman–Crippen MR) is 73.9 cm³/mol. The van der Waals surface area contributed by atoms with Crippen LogP contribution in [0, 0.1) is 0 Å². The van der Waals surface area contributed by atoms with Crippen LogP contribution in [0.5, 0.6) is 5.88 Å². The van der Waals surface area contributed by atoms with Crippen LogP contribution in [0.15, 0.2) is 36.8 Å². The fraction of sp³-hybridized carbons (Fsp3) is 0.333. The average Bonchev–Trinajstić information content (AvgIpc) is 3.30. The molecule has 4 heteroatoms. The van der Waals surface area contributed by atoms with Crippen molar-refractivity contribution in [3.05, 3.63) is 42.4 Å². The quantitative estimate of drug-likeness (QED) is 0.891. The summed E-state index contributed by atoms with van der Waals surface area (Å²) in [5, 5.41) is 3.50. The van der Waals surface area contributed by atoms with E-state index in [4.69, 9.17) is 4.74 Å². The van der Waals surface area contributed by atoms with Crippen LogP contribution < -0.4 is 10.1 Å². The molecule has 0 aromatic carbocycles. The molecule has 1 N–H and O–H groups in total. The van der Waals surface area contributed by atoms with Gasteiger partial charge in [0.05, 0.1) is 7.11 Å². The number of methoxy groups -OCH3 is 1. The van der Waals surface area contributed by atoms with Gasteiger partial charge in [0.15, 0.2) is 0 Å². The topological polar surface area (TPSA) is 47.0 Å². The fourth-order valence-electron chi connectivity index (χ4n) is 1.99. The van der Waals surface area contributed by atoms with Crippen LogP contribution in [-0.4, -0.2) is 23.1 Å². The van der Waals surface area contributed by atoms with Gasteiger partial charge < -0.3 is 10.1 Å². The summed E-state index contributed by atoms with van der Waals surface area (Å²) < 4.78 is 5.15. The van der Waals surface area contributed by atoms with E-state index in [1.54, 1.807) is 13.3 Å². The van der Waals surface area contributed by atoms with E-state index in [0.29, 0.717) is 11.9 Å². The molecule has 98 valence electrons. The molecule has 0 bridgehead atoms. The van der Waals surface area contributed by atoms with E-state index < -0.39 is 0 Å². The molecule has 2 aromatic rings. The lowest BCUT2D eigenvalue weighted by atomic mass is 10.1. The van der Waals surface area contributed by atoms with Gasteiger partial charge in [-0.15, -0.1) is 0 Å². The van der Waals surface area contributed by atoms with E-state index in [0.717, 1.165) is 17.7 Å². The van der Waals surface area contributed by atoms with Crippen molar-refractivity contribution in [3.63, 3.8) is 0 Å². The van der Waals surface area contributed by atoms with Gasteiger partial charge >= 0.3 is 0 Å². The summed E-state index contributed by atoms with van der Waals surface area (Å²) in [4.78, 5) is 8.43. The summed E-state index contributed by atoms with van der Waals surface area (Å²) in [6.07, 6.45) is 8.14. The Hall–Kier alpha value is -1.94. The summed E-state index contributed by atoms with van der Waals surface area (Å²) in [5.74, 6) is 0.624. The van der Waals surface area contributed by atoms with Crippen LogP contribution >= 0.6 is 0 Å². The van der Waals surface area contributed by atoms with Crippen molar-refractivity contribution >= 4 is 0 Å². The normalized spacial score (nSPS) is 14.4. The van der Waals surface area contributed by atoms with E-state index >= 15 is 0 Å². The number of pyridine rings is 2. The number of aromatic nitrogens is 2. The zero-order valence-corrected chi connectivity index (χ0v) is 11.0. The van der Waals surface area contributed by atoms with Crippen LogP contribution in [-0.2, 0) is 6.54 Å². The molecule has 0 saturated heterocycles. The standard InChI is InChI=1S/C15H17N3O/c1-19-15-7-12(4-5-17-15)13-6-11(8-16-10-13)9-18-14-2-3-14/h4-8,10,14,18H,2-3,9H2,1H3. The molecule has 2 heterocycles. The van der Waals surface area contributed by atoms with Crippen LogP contribution in [0.3, 0.4) is 0 Å². The second-order valence-electron chi connectivity index (χ2n) is 4.82. The minimum atomic E-state index is 0.624. The van der Waals surface area contributed by atoms with Crippen molar-refractivity contribution in [1.29, 1.82) is 0 Å². The molecule has 1 fully saturated rings. The van der Waals surface area contributed by atoms with Gasteiger partial charge in [0.2, 0.25) is 5.88 Å². The summed E-state index contributed by atoms with van der Waals surface area (Å²) in [6.45, 7) is 0.883. The van der Waals surface area contributed by atoms with Gasteiger partial charge in [-0.05, 0) is 36.1 Å². The first-order valence-corrected chi connectivity index (χ1v) is 6.53.